The van der Waals surface area contributed by atoms with Crippen molar-refractivity contribution in [3.05, 3.63) is 118 Å². The summed E-state index contributed by atoms with van der Waals surface area (Å²) < 4.78 is 27.3. The number of benzene rings is 4. The molecule has 9 heteroatoms. The number of hydrogen-bond donors (Lipinski definition) is 1. The molecular formula is C29H21ClN2O5S. The number of nitrogens with zero attached hydrogens (tertiary/aromatic N) is 1. The molecule has 0 bridgehead atoms. The van der Waals surface area contributed by atoms with Gasteiger partial charge < -0.3 is 10.2 Å². The molecule has 1 heterocycles. The van der Waals surface area contributed by atoms with Crippen LogP contribution in [-0.4, -0.2) is 26.0 Å². The summed E-state index contributed by atoms with van der Waals surface area (Å²) in [5.74, 6) is -1.11. The molecule has 4 aromatic carbocycles. The Bertz CT molecular complexity index is 1720. The topological polar surface area (TPSA) is 101 Å². The summed E-state index contributed by atoms with van der Waals surface area (Å²) in [4.78, 5) is 39.6. The van der Waals surface area contributed by atoms with E-state index in [4.69, 9.17) is 11.6 Å². The quantitative estimate of drug-likeness (QED) is 0.321. The van der Waals surface area contributed by atoms with Crippen LogP contribution in [0.5, 0.6) is 0 Å². The number of fused-ring (bicyclic) bond motifs is 2. The lowest BCUT2D eigenvalue weighted by atomic mass is 10.1. The van der Waals surface area contributed by atoms with Crippen LogP contribution in [0, 0.1) is 0 Å². The SMILES string of the molecule is CC(=O)c1ccc(NC(=O)c2ccc3c(c2)N(Cc2cccc(Cl)c2)C(=O)c2ccccc2S3(=O)=O)cc1. The molecule has 0 radical (unpaired) electrons. The van der Waals surface area contributed by atoms with E-state index in [2.05, 4.69) is 5.32 Å². The highest BCUT2D eigenvalue weighted by Crippen LogP contribution is 2.38. The highest BCUT2D eigenvalue weighted by Gasteiger charge is 2.36. The van der Waals surface area contributed by atoms with Gasteiger partial charge >= 0.3 is 0 Å². The van der Waals surface area contributed by atoms with E-state index in [0.717, 1.165) is 0 Å². The van der Waals surface area contributed by atoms with Gasteiger partial charge in [-0.15, -0.1) is 0 Å². The molecule has 0 aromatic heterocycles. The zero-order valence-electron chi connectivity index (χ0n) is 20.1. The second-order valence-electron chi connectivity index (χ2n) is 8.79. The highest BCUT2D eigenvalue weighted by molar-refractivity contribution is 7.91. The lowest BCUT2D eigenvalue weighted by Gasteiger charge is -2.23. The van der Waals surface area contributed by atoms with Crippen molar-refractivity contribution in [1.29, 1.82) is 0 Å². The van der Waals surface area contributed by atoms with Gasteiger partial charge in [0.05, 0.1) is 27.6 Å². The molecule has 0 fully saturated rings. The Morgan fingerprint density at radius 2 is 1.55 bits per heavy atom. The van der Waals surface area contributed by atoms with Crippen molar-refractivity contribution in [2.24, 2.45) is 0 Å². The van der Waals surface area contributed by atoms with Crippen molar-refractivity contribution >= 4 is 50.4 Å². The summed E-state index contributed by atoms with van der Waals surface area (Å²) in [6.45, 7) is 1.49. The number of anilines is 2. The smallest absolute Gasteiger partial charge is 0.259 e. The first kappa shape index (κ1) is 25.4. The van der Waals surface area contributed by atoms with E-state index in [1.54, 1.807) is 60.7 Å². The van der Waals surface area contributed by atoms with Crippen LogP contribution in [0.15, 0.2) is 101 Å². The van der Waals surface area contributed by atoms with Crippen molar-refractivity contribution in [1.82, 2.24) is 0 Å². The van der Waals surface area contributed by atoms with E-state index in [-0.39, 0.29) is 38.9 Å². The van der Waals surface area contributed by atoms with Crippen molar-refractivity contribution in [2.45, 2.75) is 23.3 Å². The molecule has 0 spiro atoms. The van der Waals surface area contributed by atoms with Gasteiger partial charge in [0.25, 0.3) is 11.8 Å². The Morgan fingerprint density at radius 1 is 0.842 bits per heavy atom. The summed E-state index contributed by atoms with van der Waals surface area (Å²) in [5, 5.41) is 3.22. The third-order valence-electron chi connectivity index (χ3n) is 6.23. The van der Waals surface area contributed by atoms with Crippen LogP contribution in [0.1, 0.15) is 43.6 Å². The molecule has 0 atom stereocenters. The maximum Gasteiger partial charge on any atom is 0.259 e. The number of ketones is 1. The van der Waals surface area contributed by atoms with Crippen molar-refractivity contribution in [3.8, 4) is 0 Å². The van der Waals surface area contributed by atoms with Gasteiger partial charge in [0.2, 0.25) is 9.84 Å². The molecule has 0 saturated carbocycles. The van der Waals surface area contributed by atoms with Crippen LogP contribution >= 0.6 is 11.6 Å². The number of halogens is 1. The first-order chi connectivity index (χ1) is 18.1. The Hall–Kier alpha value is -4.27. The second kappa shape index (κ2) is 9.89. The maximum absolute atomic E-state index is 13.7. The largest absolute Gasteiger partial charge is 0.322 e. The van der Waals surface area contributed by atoms with E-state index in [9.17, 15) is 22.8 Å². The Labute approximate surface area is 224 Å². The fraction of sp³-hybridized carbons (Fsp3) is 0.0690. The Balaban J connectivity index is 1.60. The lowest BCUT2D eigenvalue weighted by Crippen LogP contribution is -2.30. The first-order valence-corrected chi connectivity index (χ1v) is 13.5. The summed E-state index contributed by atoms with van der Waals surface area (Å²) in [5.41, 5.74) is 1.95. The zero-order valence-corrected chi connectivity index (χ0v) is 21.7. The second-order valence-corrected chi connectivity index (χ2v) is 11.1. The normalized spacial score (nSPS) is 13.7. The van der Waals surface area contributed by atoms with Gasteiger partial charge in [0.15, 0.2) is 5.78 Å². The average Bonchev–Trinajstić information content (AvgIpc) is 2.97. The molecule has 1 N–H and O–H groups in total. The summed E-state index contributed by atoms with van der Waals surface area (Å²) in [7, 11) is -4.07. The van der Waals surface area contributed by atoms with Crippen molar-refractivity contribution in [3.63, 3.8) is 0 Å². The van der Waals surface area contributed by atoms with Crippen LogP contribution in [0.25, 0.3) is 0 Å². The number of sulfone groups is 1. The average molecular weight is 545 g/mol. The molecule has 0 unspecified atom stereocenters. The molecule has 2 amide bonds. The summed E-state index contributed by atoms with van der Waals surface area (Å²) in [6.07, 6.45) is 0. The minimum Gasteiger partial charge on any atom is -0.322 e. The fourth-order valence-electron chi connectivity index (χ4n) is 4.31. The number of carbonyl (C=O) groups is 3. The van der Waals surface area contributed by atoms with E-state index in [1.807, 2.05) is 0 Å². The molecule has 1 aliphatic heterocycles. The number of nitrogens with one attached hydrogen (secondary N) is 1. The van der Waals surface area contributed by atoms with E-state index >= 15 is 0 Å². The monoisotopic (exact) mass is 544 g/mol. The predicted molar refractivity (Wildman–Crippen MR) is 145 cm³/mol. The number of carbonyl (C=O) groups excluding carboxylic acids is 3. The van der Waals surface area contributed by atoms with E-state index in [1.165, 1.54) is 42.2 Å². The zero-order chi connectivity index (χ0) is 27.0. The first-order valence-electron chi connectivity index (χ1n) is 11.6. The molecule has 7 nitrogen and oxygen atoms in total. The van der Waals surface area contributed by atoms with Gasteiger partial charge in [-0.1, -0.05) is 35.9 Å². The van der Waals surface area contributed by atoms with Crippen molar-refractivity contribution in [2.75, 3.05) is 10.2 Å². The van der Waals surface area contributed by atoms with Crippen LogP contribution in [-0.2, 0) is 16.4 Å². The van der Waals surface area contributed by atoms with Gasteiger partial charge in [-0.2, -0.15) is 0 Å². The van der Waals surface area contributed by atoms with Gasteiger partial charge in [-0.3, -0.25) is 14.4 Å². The number of amides is 2. The van der Waals surface area contributed by atoms with Gasteiger partial charge in [0.1, 0.15) is 0 Å². The number of rotatable bonds is 5. The molecule has 0 saturated heterocycles. The molecular weight excluding hydrogens is 524 g/mol. The third kappa shape index (κ3) is 4.71. The van der Waals surface area contributed by atoms with Crippen LogP contribution in [0.2, 0.25) is 5.02 Å². The molecule has 4 aromatic rings. The summed E-state index contributed by atoms with van der Waals surface area (Å²) >= 11 is 6.16. The minimum atomic E-state index is -4.07. The minimum absolute atomic E-state index is 0.0355. The fourth-order valence-corrected chi connectivity index (χ4v) is 6.16. The Morgan fingerprint density at radius 3 is 2.26 bits per heavy atom. The molecule has 1 aliphatic rings. The van der Waals surface area contributed by atoms with E-state index < -0.39 is 21.7 Å². The van der Waals surface area contributed by atoms with Gasteiger partial charge in [0, 0.05) is 21.8 Å². The maximum atomic E-state index is 13.7. The standard InChI is InChI=1S/C29H21ClN2O5S/c1-18(33)20-9-12-23(13-10-20)31-28(34)21-11-14-27-25(16-21)32(17-19-5-4-6-22(30)15-19)29(35)24-7-2-3-8-26(24)38(27,36)37/h2-16H,17H2,1H3,(H,31,34). The molecule has 38 heavy (non-hydrogen) atoms. The highest BCUT2D eigenvalue weighted by atomic mass is 35.5. The molecule has 5 rings (SSSR count). The number of hydrogen-bond acceptors (Lipinski definition) is 5. The van der Waals surface area contributed by atoms with Crippen LogP contribution in [0.4, 0.5) is 11.4 Å². The lowest BCUT2D eigenvalue weighted by molar-refractivity contribution is 0.0978. The summed E-state index contributed by atoms with van der Waals surface area (Å²) in [6, 6.07) is 23.5. The van der Waals surface area contributed by atoms with E-state index in [0.29, 0.717) is 21.8 Å². The van der Waals surface area contributed by atoms with Crippen LogP contribution in [0.3, 0.4) is 0 Å². The van der Waals surface area contributed by atoms with Gasteiger partial charge in [-0.25, -0.2) is 8.42 Å². The molecule has 0 aliphatic carbocycles. The third-order valence-corrected chi connectivity index (χ3v) is 8.33. The predicted octanol–water partition coefficient (Wildman–Crippen LogP) is 5.79. The van der Waals surface area contributed by atoms with Gasteiger partial charge in [-0.05, 0) is 79.2 Å². The van der Waals surface area contributed by atoms with Crippen LogP contribution < -0.4 is 10.2 Å². The Kier molecular flexibility index (Phi) is 6.60. The molecule has 190 valence electrons. The number of Topliss-reactive ketones (excluding diaryl/α,β-unsaturated/α-hetero) is 1. The van der Waals surface area contributed by atoms with Crippen molar-refractivity contribution < 1.29 is 22.8 Å².